The molecule has 0 saturated heterocycles. The quantitative estimate of drug-likeness (QED) is 0.833. The van der Waals surface area contributed by atoms with Crippen LogP contribution in [-0.4, -0.2) is 34.3 Å². The van der Waals surface area contributed by atoms with E-state index >= 15 is 0 Å². The number of hydrogen-bond acceptors (Lipinski definition) is 3. The van der Waals surface area contributed by atoms with E-state index in [1.165, 1.54) is 13.8 Å². The summed E-state index contributed by atoms with van der Waals surface area (Å²) in [6.07, 6.45) is 0.137. The number of carbonyl (C=O) groups is 3. The summed E-state index contributed by atoms with van der Waals surface area (Å²) in [5, 5.41) is 9.09. The van der Waals surface area contributed by atoms with Gasteiger partial charge in [0.2, 0.25) is 5.91 Å². The van der Waals surface area contributed by atoms with Crippen LogP contribution in [0.2, 0.25) is 0 Å². The maximum atomic E-state index is 12.2. The minimum atomic E-state index is -1.16. The molecule has 1 aliphatic rings. The SMILES string of the molecule is CC(C)(CN1C(=O)Cc2ccccc2C1=O)C(=O)O. The number of carboxylic acid groups (broad SMARTS) is 1. The van der Waals surface area contributed by atoms with E-state index < -0.39 is 17.3 Å². The van der Waals surface area contributed by atoms with Gasteiger partial charge in [0.1, 0.15) is 0 Å². The highest BCUT2D eigenvalue weighted by molar-refractivity contribution is 6.09. The fourth-order valence-corrected chi connectivity index (χ4v) is 2.02. The number of carboxylic acids is 1. The molecule has 0 fully saturated rings. The summed E-state index contributed by atoms with van der Waals surface area (Å²) in [4.78, 5) is 36.4. The van der Waals surface area contributed by atoms with Gasteiger partial charge < -0.3 is 5.11 Å². The van der Waals surface area contributed by atoms with Crippen molar-refractivity contribution in [3.8, 4) is 0 Å². The minimum Gasteiger partial charge on any atom is -0.481 e. The lowest BCUT2D eigenvalue weighted by atomic mass is 9.90. The molecule has 1 aromatic rings. The lowest BCUT2D eigenvalue weighted by Crippen LogP contribution is -2.48. The van der Waals surface area contributed by atoms with Crippen molar-refractivity contribution in [1.29, 1.82) is 0 Å². The summed E-state index contributed by atoms with van der Waals surface area (Å²) in [5.41, 5.74) is 0.0163. The second-order valence-electron chi connectivity index (χ2n) is 5.31. The molecule has 0 unspecified atom stereocenters. The Morgan fingerprint density at radius 3 is 2.58 bits per heavy atom. The van der Waals surface area contributed by atoms with Crippen LogP contribution < -0.4 is 0 Å². The maximum absolute atomic E-state index is 12.2. The Morgan fingerprint density at radius 1 is 1.32 bits per heavy atom. The van der Waals surface area contributed by atoms with Crippen LogP contribution in [0.15, 0.2) is 24.3 Å². The number of carbonyl (C=O) groups excluding carboxylic acids is 2. The minimum absolute atomic E-state index is 0.117. The lowest BCUT2D eigenvalue weighted by Gasteiger charge is -2.31. The molecule has 5 nitrogen and oxygen atoms in total. The Morgan fingerprint density at radius 2 is 1.95 bits per heavy atom. The molecule has 19 heavy (non-hydrogen) atoms. The van der Waals surface area contributed by atoms with E-state index in [-0.39, 0.29) is 18.9 Å². The van der Waals surface area contributed by atoms with E-state index in [1.807, 2.05) is 0 Å². The third-order valence-electron chi connectivity index (χ3n) is 3.27. The van der Waals surface area contributed by atoms with Crippen LogP contribution in [0.3, 0.4) is 0 Å². The third kappa shape index (κ3) is 2.36. The number of nitrogens with zero attached hydrogens (tertiary/aromatic N) is 1. The van der Waals surface area contributed by atoms with E-state index in [4.69, 9.17) is 5.11 Å². The molecule has 0 saturated carbocycles. The van der Waals surface area contributed by atoms with Crippen molar-refractivity contribution in [3.63, 3.8) is 0 Å². The Kier molecular flexibility index (Phi) is 3.14. The molecule has 0 radical (unpaired) electrons. The summed E-state index contributed by atoms with van der Waals surface area (Å²) < 4.78 is 0. The first-order valence-electron chi connectivity index (χ1n) is 5.99. The first-order valence-corrected chi connectivity index (χ1v) is 5.99. The van der Waals surface area contributed by atoms with Gasteiger partial charge in [-0.2, -0.15) is 0 Å². The maximum Gasteiger partial charge on any atom is 0.310 e. The lowest BCUT2D eigenvalue weighted by molar-refractivity contribution is -0.148. The van der Waals surface area contributed by atoms with Crippen LogP contribution >= 0.6 is 0 Å². The molecule has 100 valence electrons. The molecule has 0 aliphatic carbocycles. The summed E-state index contributed by atoms with van der Waals surface area (Å²) >= 11 is 0. The van der Waals surface area contributed by atoms with Crippen molar-refractivity contribution in [2.45, 2.75) is 20.3 Å². The Balaban J connectivity index is 2.32. The van der Waals surface area contributed by atoms with Gasteiger partial charge in [0, 0.05) is 12.1 Å². The summed E-state index contributed by atoms with van der Waals surface area (Å²) in [6.45, 7) is 2.88. The van der Waals surface area contributed by atoms with Crippen LogP contribution in [0.4, 0.5) is 0 Å². The monoisotopic (exact) mass is 261 g/mol. The number of benzene rings is 1. The highest BCUT2D eigenvalue weighted by Gasteiger charge is 2.37. The predicted molar refractivity (Wildman–Crippen MR) is 67.6 cm³/mol. The van der Waals surface area contributed by atoms with Gasteiger partial charge in [0.15, 0.2) is 0 Å². The van der Waals surface area contributed by atoms with Crippen LogP contribution in [0.25, 0.3) is 0 Å². The van der Waals surface area contributed by atoms with Gasteiger partial charge in [-0.1, -0.05) is 18.2 Å². The topological polar surface area (TPSA) is 74.7 Å². The van der Waals surface area contributed by atoms with Gasteiger partial charge in [0.25, 0.3) is 5.91 Å². The molecule has 1 aromatic carbocycles. The largest absolute Gasteiger partial charge is 0.481 e. The zero-order chi connectivity index (χ0) is 14.2. The van der Waals surface area contributed by atoms with E-state index in [0.29, 0.717) is 11.1 Å². The molecule has 1 aliphatic heterocycles. The summed E-state index contributed by atoms with van der Waals surface area (Å²) in [5.74, 6) is -1.80. The zero-order valence-electron chi connectivity index (χ0n) is 10.8. The third-order valence-corrected chi connectivity index (χ3v) is 3.27. The van der Waals surface area contributed by atoms with Crippen molar-refractivity contribution >= 4 is 17.8 Å². The van der Waals surface area contributed by atoms with Crippen molar-refractivity contribution < 1.29 is 19.5 Å². The molecule has 0 atom stereocenters. The Labute approximate surface area is 110 Å². The average Bonchev–Trinajstić information content (AvgIpc) is 2.34. The molecular weight excluding hydrogens is 246 g/mol. The van der Waals surface area contributed by atoms with E-state index in [2.05, 4.69) is 0 Å². The molecule has 2 rings (SSSR count). The second-order valence-corrected chi connectivity index (χ2v) is 5.31. The first kappa shape index (κ1) is 13.3. The Bertz CT molecular complexity index is 562. The van der Waals surface area contributed by atoms with Crippen molar-refractivity contribution in [2.24, 2.45) is 5.41 Å². The zero-order valence-corrected chi connectivity index (χ0v) is 10.8. The standard InChI is InChI=1S/C14H15NO4/c1-14(2,13(18)19)8-15-11(16)7-9-5-3-4-6-10(9)12(15)17/h3-6H,7-8H2,1-2H3,(H,18,19). The van der Waals surface area contributed by atoms with Gasteiger partial charge >= 0.3 is 5.97 Å². The second kappa shape index (κ2) is 4.50. The van der Waals surface area contributed by atoms with Gasteiger partial charge in [-0.25, -0.2) is 0 Å². The van der Waals surface area contributed by atoms with Crippen LogP contribution in [0.1, 0.15) is 29.8 Å². The molecule has 1 N–H and O–H groups in total. The van der Waals surface area contributed by atoms with Gasteiger partial charge in [-0.3, -0.25) is 19.3 Å². The number of aliphatic carboxylic acids is 1. The number of fused-ring (bicyclic) bond motifs is 1. The fraction of sp³-hybridized carbons (Fsp3) is 0.357. The molecule has 2 amide bonds. The summed E-state index contributed by atoms with van der Waals surface area (Å²) in [7, 11) is 0. The van der Waals surface area contributed by atoms with Crippen molar-refractivity contribution in [2.75, 3.05) is 6.54 Å². The van der Waals surface area contributed by atoms with E-state index in [9.17, 15) is 14.4 Å². The van der Waals surface area contributed by atoms with Crippen LogP contribution in [-0.2, 0) is 16.0 Å². The van der Waals surface area contributed by atoms with Crippen molar-refractivity contribution in [1.82, 2.24) is 4.90 Å². The molecular formula is C14H15NO4. The van der Waals surface area contributed by atoms with E-state index in [1.54, 1.807) is 24.3 Å². The predicted octanol–water partition coefficient (Wildman–Crippen LogP) is 1.32. The van der Waals surface area contributed by atoms with Gasteiger partial charge in [-0.05, 0) is 25.5 Å². The average molecular weight is 261 g/mol. The number of rotatable bonds is 3. The molecule has 0 bridgehead atoms. The van der Waals surface area contributed by atoms with Gasteiger partial charge in [0.05, 0.1) is 11.8 Å². The number of imide groups is 1. The first-order chi connectivity index (χ1) is 8.83. The molecule has 0 aromatic heterocycles. The number of hydrogen-bond donors (Lipinski definition) is 1. The highest BCUT2D eigenvalue weighted by Crippen LogP contribution is 2.24. The normalized spacial score (nSPS) is 15.4. The number of amides is 2. The van der Waals surface area contributed by atoms with E-state index in [0.717, 1.165) is 4.90 Å². The molecule has 0 spiro atoms. The van der Waals surface area contributed by atoms with Gasteiger partial charge in [-0.15, -0.1) is 0 Å². The smallest absolute Gasteiger partial charge is 0.310 e. The molecule has 1 heterocycles. The Hall–Kier alpha value is -2.17. The highest BCUT2D eigenvalue weighted by atomic mass is 16.4. The van der Waals surface area contributed by atoms with Crippen LogP contribution in [0, 0.1) is 5.41 Å². The van der Waals surface area contributed by atoms with Crippen LogP contribution in [0.5, 0.6) is 0 Å². The fourth-order valence-electron chi connectivity index (χ4n) is 2.02. The molecule has 5 heteroatoms. The van der Waals surface area contributed by atoms with Crippen molar-refractivity contribution in [3.05, 3.63) is 35.4 Å². The summed E-state index contributed by atoms with van der Waals surface area (Å²) in [6, 6.07) is 6.90.